The van der Waals surface area contributed by atoms with Crippen LogP contribution in [0.5, 0.6) is 0 Å². The topological polar surface area (TPSA) is 63.5 Å². The minimum atomic E-state index is -0.474. The SMILES string of the molecule is CCCN(CCCl)C(=O)c1ccc(C)c([N+](=O)[O-])c1. The van der Waals surface area contributed by atoms with E-state index in [0.717, 1.165) is 6.42 Å². The third-order valence-corrected chi connectivity index (χ3v) is 2.96. The molecule has 1 amide bonds. The molecule has 0 atom stereocenters. The lowest BCUT2D eigenvalue weighted by atomic mass is 10.1. The minimum absolute atomic E-state index is 0.0341. The van der Waals surface area contributed by atoms with E-state index in [1.807, 2.05) is 6.92 Å². The number of nitro benzene ring substituents is 1. The maximum Gasteiger partial charge on any atom is 0.273 e. The first-order valence-electron chi connectivity index (χ1n) is 6.11. The van der Waals surface area contributed by atoms with Crippen LogP contribution >= 0.6 is 11.6 Å². The number of amides is 1. The van der Waals surface area contributed by atoms with Crippen molar-refractivity contribution in [3.8, 4) is 0 Å². The first-order chi connectivity index (χ1) is 9.01. The lowest BCUT2D eigenvalue weighted by molar-refractivity contribution is -0.385. The van der Waals surface area contributed by atoms with Crippen LogP contribution < -0.4 is 0 Å². The molecule has 0 N–H and O–H groups in total. The van der Waals surface area contributed by atoms with E-state index < -0.39 is 4.92 Å². The van der Waals surface area contributed by atoms with Crippen LogP contribution in [0.1, 0.15) is 29.3 Å². The molecule has 0 fully saturated rings. The van der Waals surface area contributed by atoms with E-state index in [0.29, 0.717) is 30.1 Å². The van der Waals surface area contributed by atoms with Crippen molar-refractivity contribution in [3.63, 3.8) is 0 Å². The number of carbonyl (C=O) groups excluding carboxylic acids is 1. The van der Waals surface area contributed by atoms with Gasteiger partial charge in [-0.3, -0.25) is 14.9 Å². The number of nitrogens with zero attached hydrogens (tertiary/aromatic N) is 2. The highest BCUT2D eigenvalue weighted by Gasteiger charge is 2.18. The molecule has 19 heavy (non-hydrogen) atoms. The van der Waals surface area contributed by atoms with Crippen molar-refractivity contribution in [2.45, 2.75) is 20.3 Å². The van der Waals surface area contributed by atoms with Crippen LogP contribution in [0.15, 0.2) is 18.2 Å². The molecule has 0 aliphatic carbocycles. The van der Waals surface area contributed by atoms with Gasteiger partial charge in [-0.25, -0.2) is 0 Å². The van der Waals surface area contributed by atoms with Crippen LogP contribution in [-0.4, -0.2) is 34.7 Å². The van der Waals surface area contributed by atoms with Crippen molar-refractivity contribution < 1.29 is 9.72 Å². The molecule has 0 radical (unpaired) electrons. The number of hydrogen-bond donors (Lipinski definition) is 0. The Morgan fingerprint density at radius 2 is 2.11 bits per heavy atom. The van der Waals surface area contributed by atoms with Gasteiger partial charge in [0.25, 0.3) is 11.6 Å². The van der Waals surface area contributed by atoms with Gasteiger partial charge in [0, 0.05) is 36.2 Å². The molecule has 0 saturated heterocycles. The second-order valence-electron chi connectivity index (χ2n) is 4.24. The van der Waals surface area contributed by atoms with Gasteiger partial charge in [-0.05, 0) is 19.4 Å². The molecule has 104 valence electrons. The van der Waals surface area contributed by atoms with Gasteiger partial charge in [0.05, 0.1) is 4.92 Å². The largest absolute Gasteiger partial charge is 0.337 e. The van der Waals surface area contributed by atoms with E-state index in [1.165, 1.54) is 6.07 Å². The Balaban J connectivity index is 3.04. The van der Waals surface area contributed by atoms with Gasteiger partial charge in [0.15, 0.2) is 0 Å². The van der Waals surface area contributed by atoms with Gasteiger partial charge in [0.2, 0.25) is 0 Å². The number of carbonyl (C=O) groups is 1. The second-order valence-corrected chi connectivity index (χ2v) is 4.62. The highest BCUT2D eigenvalue weighted by Crippen LogP contribution is 2.20. The Hall–Kier alpha value is -1.62. The number of halogens is 1. The van der Waals surface area contributed by atoms with Crippen LogP contribution in [-0.2, 0) is 0 Å². The number of alkyl halides is 1. The molecular formula is C13H17ClN2O3. The van der Waals surface area contributed by atoms with E-state index in [1.54, 1.807) is 24.0 Å². The first kappa shape index (κ1) is 15.4. The average Bonchev–Trinajstić information content (AvgIpc) is 2.38. The van der Waals surface area contributed by atoms with E-state index >= 15 is 0 Å². The predicted octanol–water partition coefficient (Wildman–Crippen LogP) is 2.99. The molecule has 0 saturated carbocycles. The van der Waals surface area contributed by atoms with Gasteiger partial charge in [-0.15, -0.1) is 11.6 Å². The molecule has 1 aromatic rings. The van der Waals surface area contributed by atoms with Crippen LogP contribution in [0.25, 0.3) is 0 Å². The van der Waals surface area contributed by atoms with Gasteiger partial charge in [0.1, 0.15) is 0 Å². The van der Waals surface area contributed by atoms with E-state index in [-0.39, 0.29) is 11.6 Å². The quantitative estimate of drug-likeness (QED) is 0.458. The van der Waals surface area contributed by atoms with Crippen molar-refractivity contribution in [2.75, 3.05) is 19.0 Å². The van der Waals surface area contributed by atoms with Crippen molar-refractivity contribution in [2.24, 2.45) is 0 Å². The van der Waals surface area contributed by atoms with E-state index in [9.17, 15) is 14.9 Å². The zero-order valence-electron chi connectivity index (χ0n) is 11.1. The van der Waals surface area contributed by atoms with Crippen molar-refractivity contribution in [1.29, 1.82) is 0 Å². The van der Waals surface area contributed by atoms with Crippen molar-refractivity contribution in [1.82, 2.24) is 4.90 Å². The zero-order chi connectivity index (χ0) is 14.4. The molecule has 0 unspecified atom stereocenters. The maximum absolute atomic E-state index is 12.3. The summed E-state index contributed by atoms with van der Waals surface area (Å²) >= 11 is 5.67. The molecule has 0 bridgehead atoms. The second kappa shape index (κ2) is 7.09. The summed E-state index contributed by atoms with van der Waals surface area (Å²) in [7, 11) is 0. The highest BCUT2D eigenvalue weighted by molar-refractivity contribution is 6.18. The molecule has 0 aromatic heterocycles. The predicted molar refractivity (Wildman–Crippen MR) is 74.7 cm³/mol. The van der Waals surface area contributed by atoms with Gasteiger partial charge >= 0.3 is 0 Å². The Labute approximate surface area is 117 Å². The summed E-state index contributed by atoms with van der Waals surface area (Å²) in [6.45, 7) is 4.64. The van der Waals surface area contributed by atoms with Crippen LogP contribution in [0.4, 0.5) is 5.69 Å². The zero-order valence-corrected chi connectivity index (χ0v) is 11.8. The van der Waals surface area contributed by atoms with Crippen LogP contribution in [0.2, 0.25) is 0 Å². The normalized spacial score (nSPS) is 10.3. The maximum atomic E-state index is 12.3. The monoisotopic (exact) mass is 284 g/mol. The van der Waals surface area contributed by atoms with Crippen molar-refractivity contribution in [3.05, 3.63) is 39.4 Å². The molecule has 6 heteroatoms. The fraction of sp³-hybridized carbons (Fsp3) is 0.462. The molecule has 5 nitrogen and oxygen atoms in total. The molecule has 0 heterocycles. The smallest absolute Gasteiger partial charge is 0.273 e. The molecule has 0 aliphatic heterocycles. The summed E-state index contributed by atoms with van der Waals surface area (Å²) in [4.78, 5) is 24.3. The van der Waals surface area contributed by atoms with Crippen molar-refractivity contribution >= 4 is 23.2 Å². The fourth-order valence-electron chi connectivity index (χ4n) is 1.81. The summed E-state index contributed by atoms with van der Waals surface area (Å²) in [5.74, 6) is 0.130. The van der Waals surface area contributed by atoms with Gasteiger partial charge < -0.3 is 4.90 Å². The fourth-order valence-corrected chi connectivity index (χ4v) is 2.01. The molecule has 1 aromatic carbocycles. The summed E-state index contributed by atoms with van der Waals surface area (Å²) in [5, 5.41) is 10.9. The van der Waals surface area contributed by atoms with E-state index in [2.05, 4.69) is 0 Å². The first-order valence-corrected chi connectivity index (χ1v) is 6.65. The Morgan fingerprint density at radius 3 is 2.63 bits per heavy atom. The summed E-state index contributed by atoms with van der Waals surface area (Å²) in [6, 6.07) is 4.53. The summed E-state index contributed by atoms with van der Waals surface area (Å²) in [6.07, 6.45) is 0.816. The third kappa shape index (κ3) is 3.92. The molecule has 0 spiro atoms. The van der Waals surface area contributed by atoms with E-state index in [4.69, 9.17) is 11.6 Å². The molecule has 0 aliphatic rings. The number of aryl methyl sites for hydroxylation is 1. The number of rotatable bonds is 6. The summed E-state index contributed by atoms with van der Waals surface area (Å²) in [5.41, 5.74) is 0.838. The number of nitro groups is 1. The van der Waals surface area contributed by atoms with Crippen LogP contribution in [0.3, 0.4) is 0 Å². The molecule has 1 rings (SSSR count). The third-order valence-electron chi connectivity index (χ3n) is 2.79. The Bertz CT molecular complexity index is 471. The summed E-state index contributed by atoms with van der Waals surface area (Å²) < 4.78 is 0. The van der Waals surface area contributed by atoms with Gasteiger partial charge in [-0.1, -0.05) is 13.0 Å². The number of hydrogen-bond acceptors (Lipinski definition) is 3. The Kier molecular flexibility index (Phi) is 5.76. The number of benzene rings is 1. The highest BCUT2D eigenvalue weighted by atomic mass is 35.5. The lowest BCUT2D eigenvalue weighted by Crippen LogP contribution is -2.33. The standard InChI is InChI=1S/C13H17ClN2O3/c1-3-7-15(8-6-14)13(17)11-5-4-10(2)12(9-11)16(18)19/h4-5,9H,3,6-8H2,1-2H3. The minimum Gasteiger partial charge on any atom is -0.337 e. The average molecular weight is 285 g/mol. The van der Waals surface area contributed by atoms with Crippen LogP contribution in [0, 0.1) is 17.0 Å². The molecular weight excluding hydrogens is 268 g/mol. The Morgan fingerprint density at radius 1 is 1.42 bits per heavy atom. The lowest BCUT2D eigenvalue weighted by Gasteiger charge is -2.21. The van der Waals surface area contributed by atoms with Gasteiger partial charge in [-0.2, -0.15) is 0 Å².